The fraction of sp³-hybridized carbons (Fsp3) is 0.133. The van der Waals surface area contributed by atoms with Crippen molar-refractivity contribution in [2.45, 2.75) is 12.8 Å². The number of methoxy groups -OCH3 is 1. The van der Waals surface area contributed by atoms with Crippen LogP contribution in [0.5, 0.6) is 5.75 Å². The number of rotatable bonds is 6. The summed E-state index contributed by atoms with van der Waals surface area (Å²) in [4.78, 5) is 2.31. The van der Waals surface area contributed by atoms with Gasteiger partial charge in [0.25, 0.3) is 0 Å². The third-order valence-corrected chi connectivity index (χ3v) is 6.22. The van der Waals surface area contributed by atoms with Crippen molar-refractivity contribution in [3.8, 4) is 5.75 Å². The van der Waals surface area contributed by atoms with Crippen LogP contribution in [0.3, 0.4) is 0 Å². The molecule has 0 spiro atoms. The van der Waals surface area contributed by atoms with Crippen LogP contribution >= 0.6 is 0 Å². The summed E-state index contributed by atoms with van der Waals surface area (Å²) in [5.41, 5.74) is 8.77. The molecule has 2 aliphatic rings. The highest BCUT2D eigenvalue weighted by molar-refractivity contribution is 5.79. The molecule has 1 unspecified atom stereocenters. The molecule has 5 rings (SSSR count). The summed E-state index contributed by atoms with van der Waals surface area (Å²) in [6.07, 6.45) is 15.0. The van der Waals surface area contributed by atoms with Crippen LogP contribution in [0, 0.1) is 5.92 Å². The smallest absolute Gasteiger partial charge is 0.119 e. The van der Waals surface area contributed by atoms with Crippen molar-refractivity contribution < 1.29 is 4.74 Å². The number of allylic oxidation sites excluding steroid dienone is 6. The molecule has 158 valence electrons. The highest BCUT2D eigenvalue weighted by Gasteiger charge is 2.21. The van der Waals surface area contributed by atoms with Gasteiger partial charge < -0.3 is 9.64 Å². The summed E-state index contributed by atoms with van der Waals surface area (Å²) >= 11 is 0. The van der Waals surface area contributed by atoms with E-state index < -0.39 is 0 Å². The van der Waals surface area contributed by atoms with Crippen LogP contribution in [0.1, 0.15) is 16.7 Å². The van der Waals surface area contributed by atoms with Gasteiger partial charge in [0.05, 0.1) is 7.11 Å². The third-order valence-electron chi connectivity index (χ3n) is 6.22. The zero-order chi connectivity index (χ0) is 21.9. The highest BCUT2D eigenvalue weighted by Crippen LogP contribution is 2.39. The molecule has 1 atom stereocenters. The van der Waals surface area contributed by atoms with Crippen molar-refractivity contribution in [1.29, 1.82) is 0 Å². The summed E-state index contributed by atoms with van der Waals surface area (Å²) in [5, 5.41) is 0. The Bertz CT molecular complexity index is 1210. The van der Waals surface area contributed by atoms with E-state index in [9.17, 15) is 0 Å². The molecule has 32 heavy (non-hydrogen) atoms. The van der Waals surface area contributed by atoms with Crippen LogP contribution in [0.2, 0.25) is 0 Å². The quantitative estimate of drug-likeness (QED) is 0.383. The Kier molecular flexibility index (Phi) is 5.51. The molecule has 2 heteroatoms. The predicted molar refractivity (Wildman–Crippen MR) is 135 cm³/mol. The predicted octanol–water partition coefficient (Wildman–Crippen LogP) is 7.58. The molecule has 0 saturated carbocycles. The van der Waals surface area contributed by atoms with Crippen LogP contribution in [0.4, 0.5) is 17.1 Å². The highest BCUT2D eigenvalue weighted by atomic mass is 16.5. The number of hydrogen-bond acceptors (Lipinski definition) is 2. The fourth-order valence-corrected chi connectivity index (χ4v) is 4.53. The van der Waals surface area contributed by atoms with E-state index in [-0.39, 0.29) is 0 Å². The summed E-state index contributed by atoms with van der Waals surface area (Å²) in [5.74, 6) is 1.32. The van der Waals surface area contributed by atoms with E-state index in [1.165, 1.54) is 22.3 Å². The molecule has 0 fully saturated rings. The maximum Gasteiger partial charge on any atom is 0.119 e. The molecule has 2 nitrogen and oxygen atoms in total. The number of ether oxygens (including phenoxy) is 1. The Morgan fingerprint density at radius 2 is 1.66 bits per heavy atom. The second-order valence-corrected chi connectivity index (χ2v) is 8.27. The number of hydrogen-bond donors (Lipinski definition) is 0. The van der Waals surface area contributed by atoms with Crippen molar-refractivity contribution in [3.63, 3.8) is 0 Å². The molecule has 2 aliphatic carbocycles. The first-order valence-corrected chi connectivity index (χ1v) is 11.1. The molecule has 0 bridgehead atoms. The summed E-state index contributed by atoms with van der Waals surface area (Å²) in [6.45, 7) is 3.86. The van der Waals surface area contributed by atoms with E-state index in [0.29, 0.717) is 5.92 Å². The number of benzene rings is 3. The first-order chi connectivity index (χ1) is 15.7. The summed E-state index contributed by atoms with van der Waals surface area (Å²) in [6, 6.07) is 23.8. The fourth-order valence-electron chi connectivity index (χ4n) is 4.53. The van der Waals surface area contributed by atoms with Crippen molar-refractivity contribution in [3.05, 3.63) is 126 Å². The lowest BCUT2D eigenvalue weighted by Gasteiger charge is -2.29. The van der Waals surface area contributed by atoms with Crippen LogP contribution in [-0.2, 0) is 12.8 Å². The van der Waals surface area contributed by atoms with Gasteiger partial charge in [0.2, 0.25) is 0 Å². The first kappa shape index (κ1) is 20.1. The maximum atomic E-state index is 5.38. The van der Waals surface area contributed by atoms with Gasteiger partial charge in [-0.3, -0.25) is 0 Å². The first-order valence-electron chi connectivity index (χ1n) is 11.1. The standard InChI is InChI=1S/C30H27NO/c1-3-6-22-9-12-27(13-10-22)31(28-15-17-30(32-2)18-16-28)29-14-11-25-19-23-7-4-5-8-24(23)20-26(25)21-29/h3-5,7-19,21,24H,1,6,20H2,2H3. The van der Waals surface area contributed by atoms with Gasteiger partial charge in [-0.1, -0.05) is 54.7 Å². The second kappa shape index (κ2) is 8.76. The molecule has 0 radical (unpaired) electrons. The molecule has 0 aliphatic heterocycles. The van der Waals surface area contributed by atoms with E-state index in [0.717, 1.165) is 35.7 Å². The Morgan fingerprint density at radius 3 is 2.38 bits per heavy atom. The molecule has 0 heterocycles. The number of nitrogens with zero attached hydrogens (tertiary/aromatic N) is 1. The summed E-state index contributed by atoms with van der Waals surface area (Å²) in [7, 11) is 1.70. The lowest BCUT2D eigenvalue weighted by Crippen LogP contribution is -2.14. The van der Waals surface area contributed by atoms with Gasteiger partial charge in [0.1, 0.15) is 5.75 Å². The van der Waals surface area contributed by atoms with Crippen LogP contribution in [-0.4, -0.2) is 7.11 Å². The SMILES string of the molecule is C=CCc1ccc(N(c2ccc(OC)cc2)c2ccc3c(c2)CC2C=CC=CC2=C3)cc1. The molecular formula is C30H27NO. The largest absolute Gasteiger partial charge is 0.497 e. The van der Waals surface area contributed by atoms with Gasteiger partial charge in [0, 0.05) is 23.0 Å². The van der Waals surface area contributed by atoms with Gasteiger partial charge in [0.15, 0.2) is 0 Å². The van der Waals surface area contributed by atoms with Crippen LogP contribution in [0.25, 0.3) is 6.08 Å². The maximum absolute atomic E-state index is 5.38. The lowest BCUT2D eigenvalue weighted by molar-refractivity contribution is 0.415. The normalized spacial score (nSPS) is 16.0. The minimum atomic E-state index is 0.468. The molecule has 3 aromatic carbocycles. The Labute approximate surface area is 190 Å². The van der Waals surface area contributed by atoms with Gasteiger partial charge in [-0.15, -0.1) is 6.58 Å². The number of fused-ring (bicyclic) bond motifs is 2. The van der Waals surface area contributed by atoms with Crippen molar-refractivity contribution in [2.75, 3.05) is 12.0 Å². The summed E-state index contributed by atoms with van der Waals surface area (Å²) < 4.78 is 5.38. The second-order valence-electron chi connectivity index (χ2n) is 8.27. The minimum Gasteiger partial charge on any atom is -0.497 e. The van der Waals surface area contributed by atoms with Gasteiger partial charge in [-0.25, -0.2) is 0 Å². The van der Waals surface area contributed by atoms with Crippen molar-refractivity contribution in [2.24, 2.45) is 5.92 Å². The van der Waals surface area contributed by atoms with Crippen molar-refractivity contribution in [1.82, 2.24) is 0 Å². The van der Waals surface area contributed by atoms with Gasteiger partial charge in [-0.05, 0) is 83.6 Å². The van der Waals surface area contributed by atoms with Crippen molar-refractivity contribution >= 4 is 23.1 Å². The number of anilines is 3. The van der Waals surface area contributed by atoms with E-state index in [1.54, 1.807) is 7.11 Å². The average molecular weight is 418 g/mol. The van der Waals surface area contributed by atoms with Crippen LogP contribution < -0.4 is 9.64 Å². The zero-order valence-electron chi connectivity index (χ0n) is 18.4. The third kappa shape index (κ3) is 3.92. The molecular weight excluding hydrogens is 390 g/mol. The van der Waals surface area contributed by atoms with E-state index >= 15 is 0 Å². The van der Waals surface area contributed by atoms with Gasteiger partial charge in [-0.2, -0.15) is 0 Å². The average Bonchev–Trinajstić information content (AvgIpc) is 2.84. The van der Waals surface area contributed by atoms with E-state index in [4.69, 9.17) is 4.74 Å². The van der Waals surface area contributed by atoms with Gasteiger partial charge >= 0.3 is 0 Å². The van der Waals surface area contributed by atoms with E-state index in [1.807, 2.05) is 18.2 Å². The zero-order valence-corrected chi connectivity index (χ0v) is 18.4. The molecule has 3 aromatic rings. The molecule has 0 amide bonds. The monoisotopic (exact) mass is 417 g/mol. The topological polar surface area (TPSA) is 12.5 Å². The lowest BCUT2D eigenvalue weighted by atomic mass is 9.81. The van der Waals surface area contributed by atoms with Crippen LogP contribution in [0.15, 0.2) is 109 Å². The minimum absolute atomic E-state index is 0.468. The Hall–Kier alpha value is -3.78. The molecule has 0 N–H and O–H groups in total. The Balaban J connectivity index is 1.57. The van der Waals surface area contributed by atoms with E-state index in [2.05, 4.69) is 96.5 Å². The molecule has 0 aromatic heterocycles. The Morgan fingerprint density at radius 1 is 0.938 bits per heavy atom. The molecule has 0 saturated heterocycles.